The van der Waals surface area contributed by atoms with Gasteiger partial charge in [-0.1, -0.05) is 130 Å². The van der Waals surface area contributed by atoms with E-state index in [0.29, 0.717) is 66.7 Å². The molecule has 0 saturated carbocycles. The zero-order chi connectivity index (χ0) is 41.6. The Morgan fingerprint density at radius 1 is 0.800 bits per heavy atom. The zero-order valence-electron chi connectivity index (χ0n) is 32.8. The molecule has 11 nitrogen and oxygen atoms in total. The molecule has 304 valence electrons. The van der Waals surface area contributed by atoms with Crippen molar-refractivity contribution in [2.45, 2.75) is 44.1 Å². The van der Waals surface area contributed by atoms with Gasteiger partial charge in [0.15, 0.2) is 23.1 Å². The summed E-state index contributed by atoms with van der Waals surface area (Å²) in [7, 11) is 0. The lowest BCUT2D eigenvalue weighted by atomic mass is 9.81. The van der Waals surface area contributed by atoms with Gasteiger partial charge >= 0.3 is 0 Å². The van der Waals surface area contributed by atoms with E-state index >= 15 is 4.79 Å². The van der Waals surface area contributed by atoms with Gasteiger partial charge in [-0.15, -0.1) is 0 Å². The van der Waals surface area contributed by atoms with Gasteiger partial charge in [0.1, 0.15) is 19.0 Å². The number of carbonyl (C=O) groups is 1. The average molecular weight is 867 g/mol. The number of hydrogen-bond donors (Lipinski definition) is 2. The van der Waals surface area contributed by atoms with Gasteiger partial charge in [0.25, 0.3) is 5.91 Å². The Balaban J connectivity index is 1.19. The van der Waals surface area contributed by atoms with E-state index in [1.54, 1.807) is 30.3 Å². The van der Waals surface area contributed by atoms with Crippen LogP contribution in [0.15, 0.2) is 166 Å². The molecule has 0 spiro atoms. The number of hydrogen-bond acceptors (Lipinski definition) is 8. The molecule has 2 atom stereocenters. The predicted molar refractivity (Wildman–Crippen MR) is 235 cm³/mol. The number of azide groups is 1. The van der Waals surface area contributed by atoms with Crippen LogP contribution in [-0.4, -0.2) is 42.2 Å². The Kier molecular flexibility index (Phi) is 14.1. The normalized spacial score (nSPS) is 15.6. The van der Waals surface area contributed by atoms with Gasteiger partial charge in [-0.2, -0.15) is 0 Å². The van der Waals surface area contributed by atoms with Crippen molar-refractivity contribution in [3.63, 3.8) is 0 Å². The van der Waals surface area contributed by atoms with E-state index in [4.69, 9.17) is 23.9 Å². The predicted octanol–water partition coefficient (Wildman–Crippen LogP) is 10.2. The standard InChI is InChI=1S/C48H44BrN5O6/c49-41-18-9-7-16-38(41)31-48(45(40-17-8-10-19-42(40)53-54-50)60-46(52-48)37-21-23-39(24-22-37)57-29-11-28-55)47(56)51-27-26-34-20-25-43(58-32-35-12-3-1-4-13-35)44(30-34)59-33-36-14-5-2-6-15-36/h1-10,12-25,30,45,55H,11,26-29,31-33H2,(H,51,56)/t45-,48-/m1/s1. The summed E-state index contributed by atoms with van der Waals surface area (Å²) in [6.45, 7) is 1.42. The molecule has 6 aromatic rings. The molecule has 2 N–H and O–H groups in total. The maximum absolute atomic E-state index is 15.0. The van der Waals surface area contributed by atoms with Gasteiger partial charge in [0, 0.05) is 52.2 Å². The summed E-state index contributed by atoms with van der Waals surface area (Å²) in [5, 5.41) is 16.4. The lowest BCUT2D eigenvalue weighted by Crippen LogP contribution is -2.50. The molecule has 1 heterocycles. The molecule has 1 aliphatic rings. The Morgan fingerprint density at radius 2 is 1.47 bits per heavy atom. The molecule has 7 rings (SSSR count). The molecule has 1 aliphatic heterocycles. The van der Waals surface area contributed by atoms with Crippen LogP contribution in [0.1, 0.15) is 45.9 Å². The molecule has 12 heteroatoms. The van der Waals surface area contributed by atoms with Gasteiger partial charge in [-0.05, 0) is 76.7 Å². The Morgan fingerprint density at radius 3 is 2.17 bits per heavy atom. The highest BCUT2D eigenvalue weighted by molar-refractivity contribution is 9.10. The van der Waals surface area contributed by atoms with Crippen LogP contribution in [0.5, 0.6) is 17.2 Å². The van der Waals surface area contributed by atoms with E-state index < -0.39 is 11.6 Å². The molecule has 0 aromatic heterocycles. The second-order valence-electron chi connectivity index (χ2n) is 14.1. The first-order chi connectivity index (χ1) is 29.5. The topological polar surface area (TPSA) is 147 Å². The summed E-state index contributed by atoms with van der Waals surface area (Å²) in [6, 6.07) is 47.7. The number of aliphatic hydroxyl groups excluding tert-OH is 1. The lowest BCUT2D eigenvalue weighted by Gasteiger charge is -2.31. The van der Waals surface area contributed by atoms with Gasteiger partial charge in [0.2, 0.25) is 5.90 Å². The number of aliphatic hydroxyl groups is 1. The Bertz CT molecular complexity index is 2440. The summed E-state index contributed by atoms with van der Waals surface area (Å²) in [5.74, 6) is 1.73. The first-order valence-corrected chi connectivity index (χ1v) is 20.5. The third kappa shape index (κ3) is 10.3. The fourth-order valence-electron chi connectivity index (χ4n) is 6.92. The number of benzene rings is 6. The van der Waals surface area contributed by atoms with Gasteiger partial charge in [-0.3, -0.25) is 4.79 Å². The van der Waals surface area contributed by atoms with Crippen LogP contribution < -0.4 is 19.5 Å². The largest absolute Gasteiger partial charge is 0.494 e. The number of nitrogens with one attached hydrogen (secondary N) is 1. The molecular formula is C48H44BrN5O6. The van der Waals surface area contributed by atoms with Gasteiger partial charge < -0.3 is 29.4 Å². The summed E-state index contributed by atoms with van der Waals surface area (Å²) in [5.41, 5.74) is 13.3. The van der Waals surface area contributed by atoms with Gasteiger partial charge in [-0.25, -0.2) is 4.99 Å². The minimum Gasteiger partial charge on any atom is -0.494 e. The van der Waals surface area contributed by atoms with E-state index in [1.807, 2.05) is 121 Å². The monoisotopic (exact) mass is 865 g/mol. The van der Waals surface area contributed by atoms with Crippen LogP contribution in [0, 0.1) is 0 Å². The minimum absolute atomic E-state index is 0.0315. The second kappa shape index (κ2) is 20.4. The number of aliphatic imine (C=N–C) groups is 1. The van der Waals surface area contributed by atoms with Gasteiger partial charge in [0.05, 0.1) is 6.61 Å². The summed E-state index contributed by atoms with van der Waals surface area (Å²) in [4.78, 5) is 23.2. The number of rotatable bonds is 19. The fourth-order valence-corrected chi connectivity index (χ4v) is 7.35. The summed E-state index contributed by atoms with van der Waals surface area (Å²) >= 11 is 3.69. The van der Waals surface area contributed by atoms with Crippen molar-refractivity contribution in [3.8, 4) is 17.2 Å². The highest BCUT2D eigenvalue weighted by Crippen LogP contribution is 2.46. The molecule has 0 bridgehead atoms. The third-order valence-electron chi connectivity index (χ3n) is 10.0. The molecule has 0 unspecified atom stereocenters. The maximum Gasteiger partial charge on any atom is 0.252 e. The van der Waals surface area contributed by atoms with Crippen LogP contribution in [0.4, 0.5) is 5.69 Å². The van der Waals surface area contributed by atoms with Crippen molar-refractivity contribution in [1.29, 1.82) is 0 Å². The van der Waals surface area contributed by atoms with Crippen LogP contribution in [0.2, 0.25) is 0 Å². The first kappa shape index (κ1) is 41.6. The Labute approximate surface area is 357 Å². The zero-order valence-corrected chi connectivity index (χ0v) is 34.4. The molecule has 0 fully saturated rings. The van der Waals surface area contributed by atoms with Crippen molar-refractivity contribution in [3.05, 3.63) is 200 Å². The number of halogens is 1. The molecule has 0 aliphatic carbocycles. The van der Waals surface area contributed by atoms with Crippen LogP contribution in [0.3, 0.4) is 0 Å². The molecule has 1 amide bonds. The molecule has 6 aromatic carbocycles. The fraction of sp³-hybridized carbons (Fsp3) is 0.208. The van der Waals surface area contributed by atoms with Crippen LogP contribution >= 0.6 is 15.9 Å². The van der Waals surface area contributed by atoms with Crippen molar-refractivity contribution in [2.75, 3.05) is 19.8 Å². The maximum atomic E-state index is 15.0. The summed E-state index contributed by atoms with van der Waals surface area (Å²) in [6.07, 6.45) is 0.175. The van der Waals surface area contributed by atoms with Crippen molar-refractivity contribution < 1.29 is 28.8 Å². The quantitative estimate of drug-likeness (QED) is 0.0359. The smallest absolute Gasteiger partial charge is 0.252 e. The highest BCUT2D eigenvalue weighted by Gasteiger charge is 2.54. The van der Waals surface area contributed by atoms with Crippen LogP contribution in [0.25, 0.3) is 10.4 Å². The van der Waals surface area contributed by atoms with Crippen molar-refractivity contribution in [2.24, 2.45) is 10.1 Å². The van der Waals surface area contributed by atoms with E-state index in [2.05, 4.69) is 31.3 Å². The third-order valence-corrected chi connectivity index (χ3v) is 10.8. The second-order valence-corrected chi connectivity index (χ2v) is 15.0. The van der Waals surface area contributed by atoms with E-state index in [-0.39, 0.29) is 31.4 Å². The van der Waals surface area contributed by atoms with E-state index in [1.165, 1.54) is 0 Å². The van der Waals surface area contributed by atoms with Crippen LogP contribution in [-0.2, 0) is 35.6 Å². The first-order valence-electron chi connectivity index (χ1n) is 19.7. The SMILES string of the molecule is [N-]=[N+]=Nc1ccccc1[C@H]1OC(c2ccc(OCCCO)cc2)=N[C@@]1(Cc1ccccc1Br)C(=O)NCCc1ccc(OCc2ccccc2)c(OCc2ccccc2)c1. The summed E-state index contributed by atoms with van der Waals surface area (Å²) < 4.78 is 25.8. The Hall–Kier alpha value is -6.59. The van der Waals surface area contributed by atoms with E-state index in [0.717, 1.165) is 26.7 Å². The lowest BCUT2D eigenvalue weighted by molar-refractivity contribution is -0.128. The molecule has 0 saturated heterocycles. The number of ether oxygens (including phenoxy) is 4. The molecule has 0 radical (unpaired) electrons. The highest BCUT2D eigenvalue weighted by atomic mass is 79.9. The minimum atomic E-state index is -1.53. The molecule has 60 heavy (non-hydrogen) atoms. The van der Waals surface area contributed by atoms with Crippen molar-refractivity contribution in [1.82, 2.24) is 5.32 Å². The van der Waals surface area contributed by atoms with Crippen molar-refractivity contribution >= 4 is 33.4 Å². The number of carbonyl (C=O) groups excluding carboxylic acids is 1. The molecular weight excluding hydrogens is 822 g/mol. The average Bonchev–Trinajstić information content (AvgIpc) is 3.67. The van der Waals surface area contributed by atoms with E-state index in [9.17, 15) is 10.6 Å². The number of amides is 1. The number of nitrogens with zero attached hydrogens (tertiary/aromatic N) is 4.